The number of rotatable bonds is 2. The van der Waals surface area contributed by atoms with Gasteiger partial charge in [0.05, 0.1) is 11.0 Å². The molecule has 1 aromatic carbocycles. The average Bonchev–Trinajstić information content (AvgIpc) is 2.46. The number of hydrogen-bond donors (Lipinski definition) is 2. The van der Waals surface area contributed by atoms with Crippen molar-refractivity contribution >= 4 is 32.9 Å². The molecule has 68 valence electrons. The first kappa shape index (κ1) is 8.56. The lowest BCUT2D eigenvalue weighted by atomic mass is 10.3. The third-order valence-electron chi connectivity index (χ3n) is 1.79. The van der Waals surface area contributed by atoms with E-state index in [1.165, 1.54) is 0 Å². The number of anilines is 1. The quantitative estimate of drug-likeness (QED) is 0.847. The van der Waals surface area contributed by atoms with Gasteiger partial charge in [0.1, 0.15) is 0 Å². The van der Waals surface area contributed by atoms with E-state index in [9.17, 15) is 0 Å². The lowest BCUT2D eigenvalue weighted by Gasteiger charge is -1.93. The van der Waals surface area contributed by atoms with Crippen molar-refractivity contribution in [1.82, 2.24) is 9.97 Å². The van der Waals surface area contributed by atoms with E-state index in [1.54, 1.807) is 0 Å². The molecular formula is C9H10BrN3. The smallest absolute Gasteiger partial charge is 0.201 e. The summed E-state index contributed by atoms with van der Waals surface area (Å²) in [4.78, 5) is 7.54. The minimum absolute atomic E-state index is 0.829. The molecule has 0 radical (unpaired) electrons. The molecule has 0 amide bonds. The molecular weight excluding hydrogens is 230 g/mol. The topological polar surface area (TPSA) is 40.7 Å². The summed E-state index contributed by atoms with van der Waals surface area (Å²) in [6.07, 6.45) is 0. The minimum Gasteiger partial charge on any atom is -0.356 e. The summed E-state index contributed by atoms with van der Waals surface area (Å²) in [7, 11) is 0. The number of imidazole rings is 1. The molecule has 1 heterocycles. The highest BCUT2D eigenvalue weighted by atomic mass is 79.9. The highest BCUT2D eigenvalue weighted by Gasteiger charge is 2.00. The first-order valence-corrected chi connectivity index (χ1v) is 4.98. The van der Waals surface area contributed by atoms with Crippen molar-refractivity contribution in [2.24, 2.45) is 0 Å². The summed E-state index contributed by atoms with van der Waals surface area (Å²) in [6, 6.07) is 5.98. The highest BCUT2D eigenvalue weighted by molar-refractivity contribution is 9.10. The minimum atomic E-state index is 0.829. The van der Waals surface area contributed by atoms with E-state index in [0.717, 1.165) is 28.0 Å². The Labute approximate surface area is 84.7 Å². The zero-order valence-electron chi connectivity index (χ0n) is 7.26. The fourth-order valence-corrected chi connectivity index (χ4v) is 1.59. The molecule has 0 aliphatic carbocycles. The average molecular weight is 240 g/mol. The van der Waals surface area contributed by atoms with Crippen LogP contribution in [-0.2, 0) is 0 Å². The fourth-order valence-electron chi connectivity index (χ4n) is 1.23. The third-order valence-corrected chi connectivity index (χ3v) is 2.28. The molecule has 0 saturated heterocycles. The summed E-state index contributed by atoms with van der Waals surface area (Å²) in [5.41, 5.74) is 2.03. The van der Waals surface area contributed by atoms with Gasteiger partial charge in [0, 0.05) is 11.0 Å². The molecule has 1 aromatic heterocycles. The predicted octanol–water partition coefficient (Wildman–Crippen LogP) is 2.76. The van der Waals surface area contributed by atoms with Crippen LogP contribution in [0.4, 0.5) is 5.95 Å². The molecule has 0 bridgehead atoms. The van der Waals surface area contributed by atoms with Crippen LogP contribution in [-0.4, -0.2) is 16.5 Å². The first-order chi connectivity index (χ1) is 6.29. The Kier molecular flexibility index (Phi) is 2.22. The summed E-state index contributed by atoms with van der Waals surface area (Å²) in [5, 5.41) is 3.13. The number of nitrogens with zero attached hydrogens (tertiary/aromatic N) is 1. The number of halogens is 1. The second-order valence-corrected chi connectivity index (χ2v) is 3.69. The molecule has 2 N–H and O–H groups in total. The maximum Gasteiger partial charge on any atom is 0.201 e. The van der Waals surface area contributed by atoms with E-state index in [4.69, 9.17) is 0 Å². The molecule has 0 unspecified atom stereocenters. The van der Waals surface area contributed by atoms with Crippen LogP contribution in [0.25, 0.3) is 11.0 Å². The van der Waals surface area contributed by atoms with Crippen LogP contribution in [0, 0.1) is 0 Å². The number of fused-ring (bicyclic) bond motifs is 1. The van der Waals surface area contributed by atoms with Gasteiger partial charge in [-0.25, -0.2) is 4.98 Å². The molecule has 0 fully saturated rings. The van der Waals surface area contributed by atoms with Gasteiger partial charge in [-0.15, -0.1) is 0 Å². The molecule has 13 heavy (non-hydrogen) atoms. The van der Waals surface area contributed by atoms with Gasteiger partial charge in [-0.05, 0) is 25.1 Å². The van der Waals surface area contributed by atoms with E-state index >= 15 is 0 Å². The van der Waals surface area contributed by atoms with Crippen molar-refractivity contribution in [1.29, 1.82) is 0 Å². The molecule has 2 rings (SSSR count). The van der Waals surface area contributed by atoms with Gasteiger partial charge < -0.3 is 10.3 Å². The molecule has 2 aromatic rings. The second kappa shape index (κ2) is 3.38. The largest absolute Gasteiger partial charge is 0.356 e. The molecule has 0 saturated carbocycles. The maximum absolute atomic E-state index is 4.36. The van der Waals surface area contributed by atoms with Gasteiger partial charge >= 0.3 is 0 Å². The van der Waals surface area contributed by atoms with Gasteiger partial charge in [0.25, 0.3) is 0 Å². The monoisotopic (exact) mass is 239 g/mol. The SMILES string of the molecule is CCNc1nc2ccc(Br)cc2[nH]1. The molecule has 0 spiro atoms. The molecule has 0 aliphatic rings. The maximum atomic E-state index is 4.36. The van der Waals surface area contributed by atoms with Gasteiger partial charge in [0.15, 0.2) is 0 Å². The van der Waals surface area contributed by atoms with Gasteiger partial charge in [-0.2, -0.15) is 0 Å². The fraction of sp³-hybridized carbons (Fsp3) is 0.222. The Hall–Kier alpha value is -1.03. The van der Waals surface area contributed by atoms with E-state index < -0.39 is 0 Å². The number of aromatic nitrogens is 2. The number of aromatic amines is 1. The van der Waals surface area contributed by atoms with Gasteiger partial charge in [-0.1, -0.05) is 15.9 Å². The van der Waals surface area contributed by atoms with Gasteiger partial charge in [-0.3, -0.25) is 0 Å². The number of benzene rings is 1. The van der Waals surface area contributed by atoms with E-state index in [2.05, 4.69) is 31.2 Å². The van der Waals surface area contributed by atoms with Crippen LogP contribution in [0.1, 0.15) is 6.92 Å². The van der Waals surface area contributed by atoms with E-state index in [-0.39, 0.29) is 0 Å². The van der Waals surface area contributed by atoms with Crippen LogP contribution in [0.5, 0.6) is 0 Å². The zero-order valence-corrected chi connectivity index (χ0v) is 8.85. The number of H-pyrrole nitrogens is 1. The Morgan fingerprint density at radius 1 is 1.54 bits per heavy atom. The van der Waals surface area contributed by atoms with Crippen molar-refractivity contribution in [2.75, 3.05) is 11.9 Å². The Bertz CT molecular complexity index is 422. The normalized spacial score (nSPS) is 10.6. The highest BCUT2D eigenvalue weighted by Crippen LogP contribution is 2.18. The van der Waals surface area contributed by atoms with Crippen molar-refractivity contribution in [2.45, 2.75) is 6.92 Å². The van der Waals surface area contributed by atoms with Crippen molar-refractivity contribution in [3.63, 3.8) is 0 Å². The standard InChI is InChI=1S/C9H10BrN3/c1-2-11-9-12-7-4-3-6(10)5-8(7)13-9/h3-5H,2H2,1H3,(H2,11,12,13). The van der Waals surface area contributed by atoms with Crippen LogP contribution in [0.15, 0.2) is 22.7 Å². The zero-order chi connectivity index (χ0) is 9.26. The molecule has 0 aliphatic heterocycles. The van der Waals surface area contributed by atoms with E-state index in [0.29, 0.717) is 0 Å². The molecule has 4 heteroatoms. The Morgan fingerprint density at radius 3 is 3.15 bits per heavy atom. The number of hydrogen-bond acceptors (Lipinski definition) is 2. The van der Waals surface area contributed by atoms with Crippen molar-refractivity contribution in [3.8, 4) is 0 Å². The summed E-state index contributed by atoms with van der Waals surface area (Å²) < 4.78 is 1.06. The Balaban J connectivity index is 2.49. The third kappa shape index (κ3) is 1.67. The van der Waals surface area contributed by atoms with Crippen LogP contribution in [0.3, 0.4) is 0 Å². The molecule has 3 nitrogen and oxygen atoms in total. The lowest BCUT2D eigenvalue weighted by Crippen LogP contribution is -1.97. The Morgan fingerprint density at radius 2 is 2.38 bits per heavy atom. The number of nitrogens with one attached hydrogen (secondary N) is 2. The van der Waals surface area contributed by atoms with Crippen LogP contribution >= 0.6 is 15.9 Å². The summed E-state index contributed by atoms with van der Waals surface area (Å²) in [6.45, 7) is 2.92. The summed E-state index contributed by atoms with van der Waals surface area (Å²) in [5.74, 6) is 0.829. The second-order valence-electron chi connectivity index (χ2n) is 2.78. The summed E-state index contributed by atoms with van der Waals surface area (Å²) >= 11 is 3.41. The van der Waals surface area contributed by atoms with Crippen LogP contribution in [0.2, 0.25) is 0 Å². The van der Waals surface area contributed by atoms with E-state index in [1.807, 2.05) is 25.1 Å². The van der Waals surface area contributed by atoms with Crippen molar-refractivity contribution in [3.05, 3.63) is 22.7 Å². The first-order valence-electron chi connectivity index (χ1n) is 4.18. The lowest BCUT2D eigenvalue weighted by molar-refractivity contribution is 1.14. The molecule has 0 atom stereocenters. The van der Waals surface area contributed by atoms with Gasteiger partial charge in [0.2, 0.25) is 5.95 Å². The predicted molar refractivity (Wildman–Crippen MR) is 58.0 cm³/mol. The van der Waals surface area contributed by atoms with Crippen LogP contribution < -0.4 is 5.32 Å². The van der Waals surface area contributed by atoms with Crippen molar-refractivity contribution < 1.29 is 0 Å².